The Labute approximate surface area is 91.4 Å². The maximum atomic E-state index is 13.4. The van der Waals surface area contributed by atoms with Crippen LogP contribution in [0.15, 0.2) is 18.2 Å². The molecule has 6 heteroatoms. The molecule has 0 fully saturated rings. The summed E-state index contributed by atoms with van der Waals surface area (Å²) in [5.41, 5.74) is 11.0. The zero-order chi connectivity index (χ0) is 11.4. The van der Waals surface area contributed by atoms with Gasteiger partial charge in [0.15, 0.2) is 0 Å². The van der Waals surface area contributed by atoms with Gasteiger partial charge in [0.1, 0.15) is 10.8 Å². The minimum absolute atomic E-state index is 0.0405. The zero-order valence-electron chi connectivity index (χ0n) is 7.79. The molecule has 0 spiro atoms. The molecule has 1 rings (SSSR count). The summed E-state index contributed by atoms with van der Waals surface area (Å²) in [5.74, 6) is -0.478. The first-order chi connectivity index (χ1) is 7.00. The summed E-state index contributed by atoms with van der Waals surface area (Å²) in [7, 11) is 0. The van der Waals surface area contributed by atoms with Crippen LogP contribution in [-0.2, 0) is 6.54 Å². The predicted molar refractivity (Wildman–Crippen MR) is 58.7 cm³/mol. The first-order valence-corrected chi connectivity index (χ1v) is 4.53. The first-order valence-electron chi connectivity index (χ1n) is 4.12. The molecule has 2 amide bonds. The Hall–Kier alpha value is -1.69. The van der Waals surface area contributed by atoms with Crippen molar-refractivity contribution in [2.75, 3.05) is 0 Å². The summed E-state index contributed by atoms with van der Waals surface area (Å²) < 4.78 is 13.4. The summed E-state index contributed by atoms with van der Waals surface area (Å²) in [5, 5.41) is 2.29. The van der Waals surface area contributed by atoms with Crippen molar-refractivity contribution in [3.8, 4) is 0 Å². The normalized spacial score (nSPS) is 9.67. The maximum Gasteiger partial charge on any atom is 0.312 e. The second-order valence-corrected chi connectivity index (χ2v) is 3.33. The molecule has 0 atom stereocenters. The molecule has 15 heavy (non-hydrogen) atoms. The number of carbonyl (C=O) groups is 1. The third-order valence-corrected chi connectivity index (χ3v) is 2.03. The number of primary amides is 1. The van der Waals surface area contributed by atoms with Crippen LogP contribution >= 0.6 is 12.2 Å². The van der Waals surface area contributed by atoms with E-state index < -0.39 is 11.8 Å². The van der Waals surface area contributed by atoms with Crippen LogP contribution in [0, 0.1) is 5.82 Å². The molecule has 0 aliphatic carbocycles. The number of nitrogens with one attached hydrogen (secondary N) is 1. The van der Waals surface area contributed by atoms with E-state index in [-0.39, 0.29) is 11.5 Å². The smallest absolute Gasteiger partial charge is 0.312 e. The lowest BCUT2D eigenvalue weighted by molar-refractivity contribution is 0.248. The van der Waals surface area contributed by atoms with E-state index in [4.69, 9.17) is 23.7 Å². The van der Waals surface area contributed by atoms with Gasteiger partial charge < -0.3 is 16.8 Å². The third kappa shape index (κ3) is 3.17. The molecule has 1 aromatic carbocycles. The monoisotopic (exact) mass is 227 g/mol. The third-order valence-electron chi connectivity index (χ3n) is 1.79. The van der Waals surface area contributed by atoms with Gasteiger partial charge in [-0.3, -0.25) is 0 Å². The van der Waals surface area contributed by atoms with E-state index >= 15 is 0 Å². The number of amides is 2. The second-order valence-electron chi connectivity index (χ2n) is 2.89. The molecule has 5 N–H and O–H groups in total. The topological polar surface area (TPSA) is 81.1 Å². The van der Waals surface area contributed by atoms with Crippen molar-refractivity contribution in [2.45, 2.75) is 6.54 Å². The molecule has 0 aromatic heterocycles. The number of carbonyl (C=O) groups excluding carboxylic acids is 1. The molecule has 80 valence electrons. The molecular formula is C9H10FN3OS. The summed E-state index contributed by atoms with van der Waals surface area (Å²) in [6.45, 7) is 0.0405. The van der Waals surface area contributed by atoms with Gasteiger partial charge in [-0.25, -0.2) is 9.18 Å². The Bertz CT molecular complexity index is 408. The summed E-state index contributed by atoms with van der Waals surface area (Å²) in [6.07, 6.45) is 0. The van der Waals surface area contributed by atoms with Crippen LogP contribution in [-0.4, -0.2) is 11.0 Å². The van der Waals surface area contributed by atoms with Gasteiger partial charge in [0.05, 0.1) is 0 Å². The second kappa shape index (κ2) is 4.70. The van der Waals surface area contributed by atoms with Crippen molar-refractivity contribution in [2.24, 2.45) is 11.5 Å². The van der Waals surface area contributed by atoms with Gasteiger partial charge in [0, 0.05) is 17.7 Å². The fourth-order valence-electron chi connectivity index (χ4n) is 1.03. The zero-order valence-corrected chi connectivity index (χ0v) is 8.60. The van der Waals surface area contributed by atoms with Crippen molar-refractivity contribution >= 4 is 23.2 Å². The molecule has 0 unspecified atom stereocenters. The summed E-state index contributed by atoms with van der Waals surface area (Å²) >= 11 is 4.69. The average molecular weight is 227 g/mol. The van der Waals surface area contributed by atoms with Crippen molar-refractivity contribution in [1.82, 2.24) is 5.32 Å². The Kier molecular flexibility index (Phi) is 3.56. The van der Waals surface area contributed by atoms with Gasteiger partial charge in [-0.15, -0.1) is 0 Å². The van der Waals surface area contributed by atoms with Gasteiger partial charge >= 0.3 is 6.03 Å². The van der Waals surface area contributed by atoms with Crippen LogP contribution in [0.1, 0.15) is 11.1 Å². The lowest BCUT2D eigenvalue weighted by atomic mass is 10.1. The molecule has 0 radical (unpaired) electrons. The Balaban J connectivity index is 2.83. The number of nitrogens with two attached hydrogens (primary N) is 2. The molecule has 0 saturated carbocycles. The number of hydrogen-bond donors (Lipinski definition) is 3. The molecular weight excluding hydrogens is 217 g/mol. The number of thiocarbonyl (C=S) groups is 1. The first kappa shape index (κ1) is 11.4. The SMILES string of the molecule is NC(=O)NCc1ccc(C(N)=S)cc1F. The van der Waals surface area contributed by atoms with E-state index in [0.717, 1.165) is 0 Å². The van der Waals surface area contributed by atoms with Gasteiger partial charge in [0.25, 0.3) is 0 Å². The maximum absolute atomic E-state index is 13.4. The standard InChI is InChI=1S/C9H10FN3OS/c10-7-3-5(8(11)15)1-2-6(7)4-13-9(12)14/h1-3H,4H2,(H2,11,15)(H3,12,13,14). The van der Waals surface area contributed by atoms with Crippen LogP contribution < -0.4 is 16.8 Å². The predicted octanol–water partition coefficient (Wildman–Crippen LogP) is 0.628. The minimum Gasteiger partial charge on any atom is -0.389 e. The van der Waals surface area contributed by atoms with Crippen LogP contribution in [0.5, 0.6) is 0 Å². The number of benzene rings is 1. The van der Waals surface area contributed by atoms with Crippen LogP contribution in [0.2, 0.25) is 0 Å². The van der Waals surface area contributed by atoms with Crippen LogP contribution in [0.3, 0.4) is 0 Å². The molecule has 0 heterocycles. The highest BCUT2D eigenvalue weighted by molar-refractivity contribution is 7.80. The largest absolute Gasteiger partial charge is 0.389 e. The fraction of sp³-hybridized carbons (Fsp3) is 0.111. The van der Waals surface area contributed by atoms with E-state index in [1.165, 1.54) is 12.1 Å². The minimum atomic E-state index is -0.701. The number of rotatable bonds is 3. The summed E-state index contributed by atoms with van der Waals surface area (Å²) in [6, 6.07) is 3.61. The lowest BCUT2D eigenvalue weighted by Crippen LogP contribution is -2.29. The van der Waals surface area contributed by atoms with Crippen molar-refractivity contribution in [3.63, 3.8) is 0 Å². The molecule has 4 nitrogen and oxygen atoms in total. The van der Waals surface area contributed by atoms with Gasteiger partial charge in [-0.05, 0) is 6.07 Å². The Morgan fingerprint density at radius 3 is 2.60 bits per heavy atom. The molecule has 1 aromatic rings. The van der Waals surface area contributed by atoms with Crippen molar-refractivity contribution in [3.05, 3.63) is 35.1 Å². The van der Waals surface area contributed by atoms with Crippen LogP contribution in [0.4, 0.5) is 9.18 Å². The molecule has 0 bridgehead atoms. The number of urea groups is 1. The van der Waals surface area contributed by atoms with E-state index in [1.807, 2.05) is 0 Å². The highest BCUT2D eigenvalue weighted by atomic mass is 32.1. The highest BCUT2D eigenvalue weighted by Gasteiger charge is 2.05. The molecule has 0 aliphatic rings. The van der Waals surface area contributed by atoms with E-state index in [0.29, 0.717) is 11.1 Å². The van der Waals surface area contributed by atoms with Crippen LogP contribution in [0.25, 0.3) is 0 Å². The Morgan fingerprint density at radius 2 is 2.13 bits per heavy atom. The van der Waals surface area contributed by atoms with Gasteiger partial charge in [-0.2, -0.15) is 0 Å². The fourth-order valence-corrected chi connectivity index (χ4v) is 1.15. The molecule has 0 saturated heterocycles. The number of halogens is 1. The van der Waals surface area contributed by atoms with Gasteiger partial charge in [0.2, 0.25) is 0 Å². The van der Waals surface area contributed by atoms with Gasteiger partial charge in [-0.1, -0.05) is 24.4 Å². The lowest BCUT2D eigenvalue weighted by Gasteiger charge is -2.05. The number of hydrogen-bond acceptors (Lipinski definition) is 2. The van der Waals surface area contributed by atoms with Crippen molar-refractivity contribution < 1.29 is 9.18 Å². The Morgan fingerprint density at radius 1 is 1.47 bits per heavy atom. The highest BCUT2D eigenvalue weighted by Crippen LogP contribution is 2.10. The van der Waals surface area contributed by atoms with E-state index in [9.17, 15) is 9.18 Å². The van der Waals surface area contributed by atoms with E-state index in [2.05, 4.69) is 5.32 Å². The summed E-state index contributed by atoms with van der Waals surface area (Å²) in [4.78, 5) is 10.5. The van der Waals surface area contributed by atoms with Crippen molar-refractivity contribution in [1.29, 1.82) is 0 Å². The quantitative estimate of drug-likeness (QED) is 0.662. The van der Waals surface area contributed by atoms with E-state index in [1.54, 1.807) is 6.07 Å². The molecule has 0 aliphatic heterocycles. The average Bonchev–Trinajstić information content (AvgIpc) is 2.15.